The minimum absolute atomic E-state index is 0.168. The Labute approximate surface area is 156 Å². The van der Waals surface area contributed by atoms with Gasteiger partial charge in [0.05, 0.1) is 17.5 Å². The van der Waals surface area contributed by atoms with E-state index in [0.29, 0.717) is 23.5 Å². The van der Waals surface area contributed by atoms with Crippen LogP contribution < -0.4 is 10.9 Å². The SMILES string of the molecule is CCc1cc(=O)[nH]c(-c2cccc(NC(=O)c3cnn4c3CCCC4)c2)n1. The number of benzene rings is 1. The molecule has 0 saturated carbocycles. The molecule has 0 spiro atoms. The maximum absolute atomic E-state index is 12.7. The molecule has 2 aromatic heterocycles. The number of carbonyl (C=O) groups excluding carboxylic acids is 1. The molecule has 7 heteroatoms. The molecule has 0 fully saturated rings. The van der Waals surface area contributed by atoms with E-state index >= 15 is 0 Å². The molecule has 0 aliphatic carbocycles. The molecule has 3 aromatic rings. The van der Waals surface area contributed by atoms with Crippen molar-refractivity contribution in [1.29, 1.82) is 0 Å². The van der Waals surface area contributed by atoms with E-state index in [9.17, 15) is 9.59 Å². The highest BCUT2D eigenvalue weighted by Crippen LogP contribution is 2.22. The molecule has 0 saturated heterocycles. The van der Waals surface area contributed by atoms with Gasteiger partial charge in [0.15, 0.2) is 0 Å². The molecule has 4 rings (SSSR count). The van der Waals surface area contributed by atoms with Crippen LogP contribution in [0.4, 0.5) is 5.69 Å². The first-order valence-electron chi connectivity index (χ1n) is 9.21. The van der Waals surface area contributed by atoms with Gasteiger partial charge >= 0.3 is 0 Å². The first-order valence-corrected chi connectivity index (χ1v) is 9.21. The number of hydrogen-bond donors (Lipinski definition) is 2. The first-order chi connectivity index (χ1) is 13.1. The average molecular weight is 363 g/mol. The number of aromatic amines is 1. The molecule has 1 amide bonds. The Morgan fingerprint density at radius 1 is 1.30 bits per heavy atom. The van der Waals surface area contributed by atoms with Crippen molar-refractivity contribution in [2.75, 3.05) is 5.32 Å². The van der Waals surface area contributed by atoms with Gasteiger partial charge in [0.1, 0.15) is 5.82 Å². The molecule has 3 heterocycles. The van der Waals surface area contributed by atoms with Gasteiger partial charge < -0.3 is 10.3 Å². The molecule has 1 aliphatic rings. The van der Waals surface area contributed by atoms with Gasteiger partial charge in [-0.15, -0.1) is 0 Å². The number of H-pyrrole nitrogens is 1. The number of aryl methyl sites for hydroxylation is 2. The van der Waals surface area contributed by atoms with Gasteiger partial charge in [-0.05, 0) is 37.8 Å². The summed E-state index contributed by atoms with van der Waals surface area (Å²) in [5, 5.41) is 7.26. The third kappa shape index (κ3) is 3.53. The maximum Gasteiger partial charge on any atom is 0.259 e. The van der Waals surface area contributed by atoms with Crippen molar-refractivity contribution in [3.63, 3.8) is 0 Å². The zero-order chi connectivity index (χ0) is 18.8. The smallest absolute Gasteiger partial charge is 0.259 e. The molecule has 7 nitrogen and oxygen atoms in total. The number of amides is 1. The quantitative estimate of drug-likeness (QED) is 0.745. The molecule has 138 valence electrons. The molecule has 2 N–H and O–H groups in total. The number of anilines is 1. The third-order valence-corrected chi connectivity index (χ3v) is 4.78. The summed E-state index contributed by atoms with van der Waals surface area (Å²) in [5.41, 5.74) is 3.57. The second kappa shape index (κ2) is 7.19. The van der Waals surface area contributed by atoms with Crippen molar-refractivity contribution in [1.82, 2.24) is 19.7 Å². The van der Waals surface area contributed by atoms with E-state index in [1.54, 1.807) is 6.20 Å². The third-order valence-electron chi connectivity index (χ3n) is 4.78. The lowest BCUT2D eigenvalue weighted by atomic mass is 10.1. The predicted octanol–water partition coefficient (Wildman–Crippen LogP) is 2.78. The van der Waals surface area contributed by atoms with Crippen molar-refractivity contribution < 1.29 is 4.79 Å². The lowest BCUT2D eigenvalue weighted by Gasteiger charge is -2.14. The van der Waals surface area contributed by atoms with Crippen LogP contribution in [0.15, 0.2) is 41.3 Å². The molecule has 0 unspecified atom stereocenters. The number of aromatic nitrogens is 4. The predicted molar refractivity (Wildman–Crippen MR) is 103 cm³/mol. The number of nitrogens with one attached hydrogen (secondary N) is 2. The van der Waals surface area contributed by atoms with Gasteiger partial charge in [0.25, 0.3) is 11.5 Å². The lowest BCUT2D eigenvalue weighted by molar-refractivity contribution is 0.102. The van der Waals surface area contributed by atoms with Gasteiger partial charge in [-0.3, -0.25) is 14.3 Å². The van der Waals surface area contributed by atoms with Crippen molar-refractivity contribution in [3.05, 3.63) is 63.8 Å². The summed E-state index contributed by atoms with van der Waals surface area (Å²) in [6, 6.07) is 8.81. The summed E-state index contributed by atoms with van der Waals surface area (Å²) >= 11 is 0. The van der Waals surface area contributed by atoms with Crippen LogP contribution in [0.2, 0.25) is 0 Å². The van der Waals surface area contributed by atoms with Gasteiger partial charge in [-0.1, -0.05) is 19.1 Å². The molecule has 0 radical (unpaired) electrons. The van der Waals surface area contributed by atoms with Crippen molar-refractivity contribution in [2.24, 2.45) is 0 Å². The van der Waals surface area contributed by atoms with Gasteiger partial charge in [-0.2, -0.15) is 5.10 Å². The van der Waals surface area contributed by atoms with Crippen LogP contribution in [-0.4, -0.2) is 25.7 Å². The largest absolute Gasteiger partial charge is 0.322 e. The van der Waals surface area contributed by atoms with Gasteiger partial charge in [0, 0.05) is 29.6 Å². The Bertz CT molecular complexity index is 1050. The second-order valence-corrected chi connectivity index (χ2v) is 6.66. The van der Waals surface area contributed by atoms with Crippen LogP contribution in [0.25, 0.3) is 11.4 Å². The molecule has 0 atom stereocenters. The van der Waals surface area contributed by atoms with Crippen LogP contribution in [0.1, 0.15) is 41.5 Å². The summed E-state index contributed by atoms with van der Waals surface area (Å²) in [5.74, 6) is 0.331. The fourth-order valence-electron chi connectivity index (χ4n) is 3.38. The van der Waals surface area contributed by atoms with E-state index in [-0.39, 0.29) is 11.5 Å². The molecular formula is C20H21N5O2. The zero-order valence-electron chi connectivity index (χ0n) is 15.2. The van der Waals surface area contributed by atoms with E-state index < -0.39 is 0 Å². The number of fused-ring (bicyclic) bond motifs is 1. The number of nitrogens with zero attached hydrogens (tertiary/aromatic N) is 3. The zero-order valence-corrected chi connectivity index (χ0v) is 15.2. The standard InChI is InChI=1S/C20H21N5O2/c1-2-14-11-18(26)24-19(22-14)13-6-5-7-15(10-13)23-20(27)16-12-21-25-9-4-3-8-17(16)25/h5-7,10-12H,2-4,8-9H2,1H3,(H,23,27)(H,22,24,26). The Kier molecular flexibility index (Phi) is 4.58. The Morgan fingerprint density at radius 3 is 3.04 bits per heavy atom. The minimum Gasteiger partial charge on any atom is -0.322 e. The first kappa shape index (κ1) is 17.2. The number of carbonyl (C=O) groups is 1. The van der Waals surface area contributed by atoms with E-state index in [2.05, 4.69) is 20.4 Å². The summed E-state index contributed by atoms with van der Waals surface area (Å²) in [6.45, 7) is 2.82. The highest BCUT2D eigenvalue weighted by Gasteiger charge is 2.20. The fraction of sp³-hybridized carbons (Fsp3) is 0.300. The molecule has 1 aliphatic heterocycles. The minimum atomic E-state index is -0.183. The van der Waals surface area contributed by atoms with Crippen LogP contribution >= 0.6 is 0 Å². The summed E-state index contributed by atoms with van der Waals surface area (Å²) < 4.78 is 1.92. The highest BCUT2D eigenvalue weighted by molar-refractivity contribution is 6.05. The van der Waals surface area contributed by atoms with Crippen LogP contribution in [0.5, 0.6) is 0 Å². The van der Waals surface area contributed by atoms with Crippen LogP contribution in [0.3, 0.4) is 0 Å². The number of rotatable bonds is 4. The second-order valence-electron chi connectivity index (χ2n) is 6.66. The van der Waals surface area contributed by atoms with Gasteiger partial charge in [0.2, 0.25) is 0 Å². The van der Waals surface area contributed by atoms with E-state index in [1.807, 2.05) is 35.9 Å². The summed E-state index contributed by atoms with van der Waals surface area (Å²) in [7, 11) is 0. The van der Waals surface area contributed by atoms with Crippen molar-refractivity contribution in [3.8, 4) is 11.4 Å². The van der Waals surface area contributed by atoms with Crippen molar-refractivity contribution >= 4 is 11.6 Å². The molecule has 0 bridgehead atoms. The summed E-state index contributed by atoms with van der Waals surface area (Å²) in [6.07, 6.45) is 5.37. The molecule has 1 aromatic carbocycles. The van der Waals surface area contributed by atoms with Crippen molar-refractivity contribution in [2.45, 2.75) is 39.2 Å². The highest BCUT2D eigenvalue weighted by atomic mass is 16.1. The van der Waals surface area contributed by atoms with Crippen LogP contribution in [0, 0.1) is 0 Å². The van der Waals surface area contributed by atoms with E-state index in [0.717, 1.165) is 42.8 Å². The Balaban J connectivity index is 1.60. The normalized spacial score (nSPS) is 13.2. The fourth-order valence-corrected chi connectivity index (χ4v) is 3.38. The topological polar surface area (TPSA) is 92.7 Å². The monoisotopic (exact) mass is 363 g/mol. The molecule has 27 heavy (non-hydrogen) atoms. The van der Waals surface area contributed by atoms with Gasteiger partial charge in [-0.25, -0.2) is 4.98 Å². The molecular weight excluding hydrogens is 342 g/mol. The van der Waals surface area contributed by atoms with E-state index in [4.69, 9.17) is 0 Å². The Morgan fingerprint density at radius 2 is 2.19 bits per heavy atom. The van der Waals surface area contributed by atoms with E-state index in [1.165, 1.54) is 6.07 Å². The maximum atomic E-state index is 12.7. The average Bonchev–Trinajstić information content (AvgIpc) is 3.12. The Hall–Kier alpha value is -3.22. The summed E-state index contributed by atoms with van der Waals surface area (Å²) in [4.78, 5) is 31.8. The lowest BCUT2D eigenvalue weighted by Crippen LogP contribution is -2.17. The van der Waals surface area contributed by atoms with Crippen LogP contribution in [-0.2, 0) is 19.4 Å². The number of hydrogen-bond acceptors (Lipinski definition) is 4.